The molecule has 0 saturated carbocycles. The van der Waals surface area contributed by atoms with Crippen LogP contribution >= 0.6 is 0 Å². The summed E-state index contributed by atoms with van der Waals surface area (Å²) in [6.45, 7) is 12.2. The van der Waals surface area contributed by atoms with Crippen LogP contribution in [0.4, 0.5) is 11.4 Å². The molecule has 0 radical (unpaired) electrons. The second kappa shape index (κ2) is 13.7. The van der Waals surface area contributed by atoms with E-state index >= 15 is 0 Å². The lowest BCUT2D eigenvalue weighted by Crippen LogP contribution is -2.06. The van der Waals surface area contributed by atoms with E-state index in [2.05, 4.69) is 23.8 Å². The Bertz CT molecular complexity index is 1050. The lowest BCUT2D eigenvalue weighted by molar-refractivity contribution is -0.116. The summed E-state index contributed by atoms with van der Waals surface area (Å²) in [6.07, 6.45) is 5.83. The molecule has 2 N–H and O–H groups in total. The second-order valence-electron chi connectivity index (χ2n) is 8.36. The van der Waals surface area contributed by atoms with Crippen LogP contribution < -0.4 is 10.6 Å². The van der Waals surface area contributed by atoms with Gasteiger partial charge in [-0.1, -0.05) is 31.4 Å². The van der Waals surface area contributed by atoms with Crippen LogP contribution in [0.2, 0.25) is 0 Å². The van der Waals surface area contributed by atoms with E-state index in [4.69, 9.17) is 0 Å². The van der Waals surface area contributed by atoms with E-state index in [-0.39, 0.29) is 17.3 Å². The van der Waals surface area contributed by atoms with Gasteiger partial charge in [0.05, 0.1) is 0 Å². The summed E-state index contributed by atoms with van der Waals surface area (Å²) in [4.78, 5) is 35.6. The molecule has 0 heterocycles. The van der Waals surface area contributed by atoms with E-state index in [0.29, 0.717) is 42.6 Å². The Morgan fingerprint density at radius 2 is 1.18 bits per heavy atom. The fraction of sp³-hybridized carbons (Fsp3) is 0.276. The van der Waals surface area contributed by atoms with Crippen molar-refractivity contribution in [3.63, 3.8) is 0 Å². The van der Waals surface area contributed by atoms with Crippen LogP contribution in [0, 0.1) is 0 Å². The van der Waals surface area contributed by atoms with Crippen LogP contribution in [0.1, 0.15) is 55.5 Å². The first-order valence-electron chi connectivity index (χ1n) is 11.5. The quantitative estimate of drug-likeness (QED) is 0.187. The van der Waals surface area contributed by atoms with Crippen molar-refractivity contribution < 1.29 is 14.4 Å². The number of hydrogen-bond acceptors (Lipinski definition) is 5. The van der Waals surface area contributed by atoms with Gasteiger partial charge in [0.2, 0.25) is 0 Å². The number of anilines is 2. The van der Waals surface area contributed by atoms with E-state index in [0.717, 1.165) is 29.8 Å². The highest BCUT2D eigenvalue weighted by atomic mass is 16.1. The number of allylic oxidation sites excluding steroid dienone is 3. The fourth-order valence-corrected chi connectivity index (χ4v) is 3.12. The molecule has 0 atom stereocenters. The Labute approximate surface area is 202 Å². The molecule has 2 aromatic rings. The van der Waals surface area contributed by atoms with Crippen LogP contribution in [0.25, 0.3) is 6.08 Å². The van der Waals surface area contributed by atoms with Gasteiger partial charge >= 0.3 is 0 Å². The van der Waals surface area contributed by atoms with Gasteiger partial charge in [-0.25, -0.2) is 0 Å². The number of benzene rings is 2. The molecule has 34 heavy (non-hydrogen) atoms. The summed E-state index contributed by atoms with van der Waals surface area (Å²) < 4.78 is 0. The molecular formula is C29H34N2O3. The highest BCUT2D eigenvalue weighted by molar-refractivity contribution is 6.07. The lowest BCUT2D eigenvalue weighted by Gasteiger charge is -2.07. The average molecular weight is 459 g/mol. The van der Waals surface area contributed by atoms with Crippen LogP contribution in [-0.4, -0.2) is 30.4 Å². The molecule has 5 nitrogen and oxygen atoms in total. The molecular weight excluding hydrogens is 424 g/mol. The van der Waals surface area contributed by atoms with Crippen molar-refractivity contribution in [2.75, 3.05) is 23.7 Å². The molecule has 0 unspecified atom stereocenters. The summed E-state index contributed by atoms with van der Waals surface area (Å²) in [7, 11) is 0. The lowest BCUT2D eigenvalue weighted by atomic mass is 10.1. The van der Waals surface area contributed by atoms with Gasteiger partial charge in [-0.3, -0.25) is 14.4 Å². The van der Waals surface area contributed by atoms with Gasteiger partial charge in [0, 0.05) is 42.9 Å². The minimum Gasteiger partial charge on any atom is -0.385 e. The normalized spacial score (nSPS) is 10.6. The molecule has 0 spiro atoms. The van der Waals surface area contributed by atoms with Crippen LogP contribution in [0.3, 0.4) is 0 Å². The van der Waals surface area contributed by atoms with E-state index in [9.17, 15) is 14.4 Å². The first kappa shape index (κ1) is 26.5. The van der Waals surface area contributed by atoms with E-state index in [1.807, 2.05) is 36.4 Å². The van der Waals surface area contributed by atoms with Gasteiger partial charge in [-0.2, -0.15) is 0 Å². The molecule has 0 aromatic heterocycles. The molecule has 0 aliphatic carbocycles. The number of carbonyl (C=O) groups is 3. The fourth-order valence-electron chi connectivity index (χ4n) is 3.12. The second-order valence-corrected chi connectivity index (χ2v) is 8.36. The monoisotopic (exact) mass is 458 g/mol. The third-order valence-corrected chi connectivity index (χ3v) is 5.28. The summed E-state index contributed by atoms with van der Waals surface area (Å²) in [5.41, 5.74) is 4.61. The Morgan fingerprint density at radius 3 is 1.62 bits per heavy atom. The maximum absolute atomic E-state index is 12.5. The molecule has 2 aromatic carbocycles. The van der Waals surface area contributed by atoms with Crippen molar-refractivity contribution in [1.29, 1.82) is 0 Å². The first-order valence-corrected chi connectivity index (χ1v) is 11.5. The van der Waals surface area contributed by atoms with Gasteiger partial charge in [-0.15, -0.1) is 0 Å². The third-order valence-electron chi connectivity index (χ3n) is 5.28. The predicted molar refractivity (Wildman–Crippen MR) is 141 cm³/mol. The zero-order valence-corrected chi connectivity index (χ0v) is 20.2. The zero-order chi connectivity index (χ0) is 24.9. The van der Waals surface area contributed by atoms with Gasteiger partial charge in [0.1, 0.15) is 0 Å². The predicted octanol–water partition coefficient (Wildman–Crippen LogP) is 6.26. The Kier molecular flexibility index (Phi) is 10.7. The van der Waals surface area contributed by atoms with Crippen LogP contribution in [0.15, 0.2) is 78.9 Å². The van der Waals surface area contributed by atoms with Gasteiger partial charge < -0.3 is 10.6 Å². The minimum atomic E-state index is -0.0667. The Hall–Kier alpha value is -3.73. The maximum atomic E-state index is 12.5. The molecule has 0 aliphatic rings. The van der Waals surface area contributed by atoms with Crippen molar-refractivity contribution in [2.24, 2.45) is 0 Å². The smallest absolute Gasteiger partial charge is 0.185 e. The standard InChI is InChI=1S/C29H34N2O3/c1-21(2)27(32)7-5-19-30-25-14-9-23(10-15-25)11-18-29(34)24-12-16-26(17-13-24)31-20-6-8-28(33)22(3)4/h9-18,30-31H,1,3,5-8,19-20H2,2,4H3/b18-11+. The summed E-state index contributed by atoms with van der Waals surface area (Å²) >= 11 is 0. The van der Waals surface area contributed by atoms with Crippen LogP contribution in [0.5, 0.6) is 0 Å². The molecule has 0 amide bonds. The summed E-state index contributed by atoms with van der Waals surface area (Å²) in [5, 5.41) is 6.55. The maximum Gasteiger partial charge on any atom is 0.185 e. The average Bonchev–Trinajstić information content (AvgIpc) is 2.83. The SMILES string of the molecule is C=C(C)C(=O)CCCNc1ccc(/C=C/C(=O)c2ccc(NCCCC(=O)C(=C)C)cc2)cc1. The number of hydrogen-bond donors (Lipinski definition) is 2. The third kappa shape index (κ3) is 9.41. The molecule has 5 heteroatoms. The molecule has 0 aliphatic heterocycles. The largest absolute Gasteiger partial charge is 0.385 e. The van der Waals surface area contributed by atoms with Crippen molar-refractivity contribution in [3.8, 4) is 0 Å². The van der Waals surface area contributed by atoms with Crippen molar-refractivity contribution in [3.05, 3.63) is 90.0 Å². The van der Waals surface area contributed by atoms with Crippen molar-refractivity contribution >= 4 is 34.8 Å². The number of Topliss-reactive ketones (excluding diaryl/α,β-unsaturated/α-hetero) is 2. The Morgan fingerprint density at radius 1 is 0.735 bits per heavy atom. The van der Waals surface area contributed by atoms with Crippen LogP contribution in [-0.2, 0) is 9.59 Å². The Balaban J connectivity index is 1.77. The highest BCUT2D eigenvalue weighted by Gasteiger charge is 2.04. The van der Waals surface area contributed by atoms with Gasteiger partial charge in [-0.05, 0) is 85.9 Å². The topological polar surface area (TPSA) is 75.3 Å². The molecule has 178 valence electrons. The molecule has 0 fully saturated rings. The van der Waals surface area contributed by atoms with Gasteiger partial charge in [0.25, 0.3) is 0 Å². The number of ketones is 3. The van der Waals surface area contributed by atoms with E-state index in [1.165, 1.54) is 0 Å². The van der Waals surface area contributed by atoms with E-state index in [1.54, 1.807) is 38.1 Å². The molecule has 2 rings (SSSR count). The summed E-state index contributed by atoms with van der Waals surface area (Å²) in [6, 6.07) is 15.1. The van der Waals surface area contributed by atoms with Crippen molar-refractivity contribution in [2.45, 2.75) is 39.5 Å². The van der Waals surface area contributed by atoms with Gasteiger partial charge in [0.15, 0.2) is 17.3 Å². The highest BCUT2D eigenvalue weighted by Crippen LogP contribution is 2.14. The number of nitrogens with one attached hydrogen (secondary N) is 2. The number of rotatable bonds is 15. The molecule has 0 saturated heterocycles. The minimum absolute atomic E-state index is 0.0667. The first-order chi connectivity index (χ1) is 16.3. The van der Waals surface area contributed by atoms with E-state index < -0.39 is 0 Å². The summed E-state index contributed by atoms with van der Waals surface area (Å²) in [5.74, 6) is 0.125. The zero-order valence-electron chi connectivity index (χ0n) is 20.2. The van der Waals surface area contributed by atoms with Crippen molar-refractivity contribution in [1.82, 2.24) is 0 Å². The number of carbonyl (C=O) groups excluding carboxylic acids is 3. The molecule has 0 bridgehead atoms.